The minimum Gasteiger partial charge on any atom is -0.497 e. The van der Waals surface area contributed by atoms with Gasteiger partial charge in [-0.1, -0.05) is 63.2 Å². The van der Waals surface area contributed by atoms with Gasteiger partial charge < -0.3 is 42.6 Å². The van der Waals surface area contributed by atoms with E-state index in [1.165, 1.54) is 24.3 Å². The van der Waals surface area contributed by atoms with Gasteiger partial charge in [-0.3, -0.25) is 14.4 Å². The average Bonchev–Trinajstić information content (AvgIpc) is 3.50. The molecule has 5 aromatic carbocycles. The second kappa shape index (κ2) is 32.7. The van der Waals surface area contributed by atoms with E-state index in [1.54, 1.807) is 94.2 Å². The van der Waals surface area contributed by atoms with E-state index in [1.807, 2.05) is 123 Å². The first-order valence-electron chi connectivity index (χ1n) is 27.4. The Bertz CT molecular complexity index is 2930. The fourth-order valence-corrected chi connectivity index (χ4v) is 7.13. The van der Waals surface area contributed by atoms with Crippen LogP contribution < -0.4 is 33.2 Å². The molecule has 2 unspecified atom stereocenters. The lowest BCUT2D eigenvalue weighted by Crippen LogP contribution is -2.31. The van der Waals surface area contributed by atoms with Crippen LogP contribution in [-0.2, 0) is 38.2 Å². The van der Waals surface area contributed by atoms with E-state index in [4.69, 9.17) is 42.6 Å². The van der Waals surface area contributed by atoms with E-state index < -0.39 is 28.2 Å². The van der Waals surface area contributed by atoms with Gasteiger partial charge in [0.05, 0.1) is 44.2 Å². The summed E-state index contributed by atoms with van der Waals surface area (Å²) >= 11 is 0. The highest BCUT2D eigenvalue weighted by Gasteiger charge is 2.31. The number of hydrogen-bond donors (Lipinski definition) is 0. The van der Waals surface area contributed by atoms with Crippen molar-refractivity contribution in [3.63, 3.8) is 0 Å². The van der Waals surface area contributed by atoms with Crippen molar-refractivity contribution in [3.8, 4) is 40.2 Å². The van der Waals surface area contributed by atoms with E-state index in [-0.39, 0.29) is 35.9 Å². The Morgan fingerprint density at radius 1 is 0.439 bits per heavy atom. The molecule has 0 spiro atoms. The number of rotatable bonds is 22. The van der Waals surface area contributed by atoms with Crippen molar-refractivity contribution in [3.05, 3.63) is 156 Å². The van der Waals surface area contributed by atoms with Crippen molar-refractivity contribution in [2.75, 3.05) is 27.9 Å². The molecule has 1 fully saturated rings. The van der Waals surface area contributed by atoms with Crippen LogP contribution in [0, 0.1) is 22.2 Å². The summed E-state index contributed by atoms with van der Waals surface area (Å²) in [7, 11) is 4.81. The van der Waals surface area contributed by atoms with Crippen LogP contribution in [0.3, 0.4) is 0 Å². The Hall–Kier alpha value is -8.46. The van der Waals surface area contributed by atoms with Gasteiger partial charge in [-0.2, -0.15) is 0 Å². The number of esters is 6. The molecule has 438 valence electrons. The highest BCUT2D eigenvalue weighted by Crippen LogP contribution is 2.30. The van der Waals surface area contributed by atoms with Gasteiger partial charge in [-0.15, -0.1) is 0 Å². The van der Waals surface area contributed by atoms with Crippen LogP contribution in [0.25, 0.3) is 18.2 Å². The Morgan fingerprint density at radius 3 is 1.21 bits per heavy atom. The molecule has 15 heteroatoms. The maximum atomic E-state index is 12.2. The molecule has 0 radical (unpaired) electrons. The summed E-state index contributed by atoms with van der Waals surface area (Å²) < 4.78 is 47.6. The average molecular weight is 1130 g/mol. The predicted molar refractivity (Wildman–Crippen MR) is 317 cm³/mol. The van der Waals surface area contributed by atoms with Crippen LogP contribution in [0.2, 0.25) is 0 Å². The highest BCUT2D eigenvalue weighted by atomic mass is 16.6. The van der Waals surface area contributed by atoms with E-state index >= 15 is 0 Å². The molecule has 1 saturated carbocycles. The lowest BCUT2D eigenvalue weighted by atomic mass is 9.87. The molecule has 0 bridgehead atoms. The molecule has 0 N–H and O–H groups in total. The van der Waals surface area contributed by atoms with E-state index in [0.29, 0.717) is 42.4 Å². The third-order valence-electron chi connectivity index (χ3n) is 13.8. The number of benzene rings is 5. The van der Waals surface area contributed by atoms with Crippen LogP contribution in [-0.4, -0.2) is 69.9 Å². The molecule has 0 amide bonds. The van der Waals surface area contributed by atoms with E-state index in [0.717, 1.165) is 66.0 Å². The Morgan fingerprint density at radius 2 is 0.793 bits per heavy atom. The van der Waals surface area contributed by atoms with Crippen LogP contribution >= 0.6 is 0 Å². The normalized spacial score (nSPS) is 14.2. The number of carbonyl (C=O) groups is 6. The summed E-state index contributed by atoms with van der Waals surface area (Å²) in [5.41, 5.74) is 1.04. The van der Waals surface area contributed by atoms with Gasteiger partial charge in [0.1, 0.15) is 46.4 Å². The second-order valence-electron chi connectivity index (χ2n) is 21.3. The van der Waals surface area contributed by atoms with Gasteiger partial charge in [0.15, 0.2) is 0 Å². The summed E-state index contributed by atoms with van der Waals surface area (Å²) in [6.07, 6.45) is 14.7. The van der Waals surface area contributed by atoms with Crippen LogP contribution in [0.1, 0.15) is 124 Å². The molecular formula is C67H80O15. The van der Waals surface area contributed by atoms with Gasteiger partial charge in [-0.05, 0) is 200 Å². The fourth-order valence-electron chi connectivity index (χ4n) is 7.13. The molecule has 0 heterocycles. The van der Waals surface area contributed by atoms with Crippen LogP contribution in [0.15, 0.2) is 140 Å². The maximum absolute atomic E-state index is 12.2. The number of hydrogen-bond acceptors (Lipinski definition) is 15. The van der Waals surface area contributed by atoms with Gasteiger partial charge in [0.25, 0.3) is 0 Å². The lowest BCUT2D eigenvalue weighted by Gasteiger charge is -2.29. The molecule has 0 aromatic heterocycles. The summed E-state index contributed by atoms with van der Waals surface area (Å²) in [5.74, 6) is 1.79. The molecule has 1 aliphatic carbocycles. The molecule has 0 aliphatic heterocycles. The molecule has 1 aliphatic rings. The Balaban J connectivity index is 0.000000264. The summed E-state index contributed by atoms with van der Waals surface area (Å²) in [6.45, 7) is 17.4. The zero-order chi connectivity index (χ0) is 60.3. The SMILES string of the molecule is CCC(C)(C)C(=O)OCC1CCCC(OC(=O)/C=C/c2ccc(OC)cc2)C1.CCC(C)(C)C(=O)Oc1ccc(OC(=O)/C=C/c2ccc(OC)cc2)cc1.CCC(C)(C)C(=O)Oc1cccc(OC(=O)/C=C/c2ccc(OC)cc2)c1. The molecule has 2 atom stereocenters. The summed E-state index contributed by atoms with van der Waals surface area (Å²) in [6, 6.07) is 34.8. The fraction of sp³-hybridized carbons (Fsp3) is 0.373. The molecule has 5 aromatic rings. The summed E-state index contributed by atoms with van der Waals surface area (Å²) in [5, 5.41) is 0. The molecule has 6 rings (SSSR count). The third-order valence-corrected chi connectivity index (χ3v) is 13.8. The van der Waals surface area contributed by atoms with E-state index in [9.17, 15) is 28.8 Å². The number of carbonyl (C=O) groups excluding carboxylic acids is 6. The monoisotopic (exact) mass is 1120 g/mol. The minimum atomic E-state index is -0.576. The Kier molecular flexibility index (Phi) is 26.3. The van der Waals surface area contributed by atoms with Gasteiger partial charge in [0.2, 0.25) is 0 Å². The second-order valence-corrected chi connectivity index (χ2v) is 21.3. The van der Waals surface area contributed by atoms with Crippen molar-refractivity contribution >= 4 is 54.0 Å². The van der Waals surface area contributed by atoms with Crippen LogP contribution in [0.5, 0.6) is 40.2 Å². The standard InChI is InChI=1S/C23H32O5.2C22H24O5/c1-5-23(2,3)22(25)27-16-18-7-6-8-20(15-18)28-21(24)14-11-17-9-12-19(26-4)13-10-17;1-5-22(2,3)21(24)27-19-13-11-18(12-14-19)26-20(23)15-8-16-6-9-17(25-4)10-7-16;1-5-22(2,3)21(24)27-19-8-6-7-18(15-19)26-20(23)14-11-16-9-12-17(25-4)13-10-16/h9-14,18,20H,5-8,15-16H2,1-4H3;2*6-15H,5H2,1-4H3/b14-11+;15-8+;14-11+. The smallest absolute Gasteiger partial charge is 0.336 e. The third kappa shape index (κ3) is 23.0. The van der Waals surface area contributed by atoms with Crippen LogP contribution in [0.4, 0.5) is 0 Å². The number of ether oxygens (including phenoxy) is 9. The van der Waals surface area contributed by atoms with Gasteiger partial charge in [0, 0.05) is 24.3 Å². The largest absolute Gasteiger partial charge is 0.497 e. The lowest BCUT2D eigenvalue weighted by molar-refractivity contribution is -0.157. The van der Waals surface area contributed by atoms with Crippen molar-refractivity contribution < 1.29 is 71.4 Å². The zero-order valence-electron chi connectivity index (χ0n) is 49.4. The minimum absolute atomic E-state index is 0.121. The first-order valence-corrected chi connectivity index (χ1v) is 27.4. The van der Waals surface area contributed by atoms with Gasteiger partial charge >= 0.3 is 35.8 Å². The predicted octanol–water partition coefficient (Wildman–Crippen LogP) is 14.1. The number of methoxy groups -OCH3 is 3. The topological polar surface area (TPSA) is 185 Å². The molecule has 0 saturated heterocycles. The van der Waals surface area contributed by atoms with Crippen molar-refractivity contribution in [1.29, 1.82) is 0 Å². The van der Waals surface area contributed by atoms with Gasteiger partial charge in [-0.25, -0.2) is 14.4 Å². The van der Waals surface area contributed by atoms with Crippen molar-refractivity contribution in [2.24, 2.45) is 22.2 Å². The maximum Gasteiger partial charge on any atom is 0.336 e. The first-order chi connectivity index (χ1) is 39.0. The van der Waals surface area contributed by atoms with E-state index in [2.05, 4.69) is 0 Å². The zero-order valence-corrected chi connectivity index (χ0v) is 49.4. The van der Waals surface area contributed by atoms with Crippen molar-refractivity contribution in [1.82, 2.24) is 0 Å². The molecular weight excluding hydrogens is 1040 g/mol. The highest BCUT2D eigenvalue weighted by molar-refractivity contribution is 5.90. The van der Waals surface area contributed by atoms with Crippen molar-refractivity contribution in [2.45, 2.75) is 113 Å². The Labute approximate surface area is 483 Å². The molecule has 82 heavy (non-hydrogen) atoms. The molecule has 15 nitrogen and oxygen atoms in total. The quantitative estimate of drug-likeness (QED) is 0.0362. The first kappa shape index (κ1) is 66.1. The summed E-state index contributed by atoms with van der Waals surface area (Å²) in [4.78, 5) is 72.4.